The van der Waals surface area contributed by atoms with Gasteiger partial charge in [0.15, 0.2) is 0 Å². The van der Waals surface area contributed by atoms with E-state index in [1.165, 1.54) is 0 Å². The summed E-state index contributed by atoms with van der Waals surface area (Å²) in [6.45, 7) is 8.22. The van der Waals surface area contributed by atoms with Crippen LogP contribution in [0.15, 0.2) is 60.8 Å². The summed E-state index contributed by atoms with van der Waals surface area (Å²) in [5.41, 5.74) is 4.40. The monoisotopic (exact) mass is 362 g/mol. The summed E-state index contributed by atoms with van der Waals surface area (Å²) in [4.78, 5) is 15.1. The van der Waals surface area contributed by atoms with E-state index in [9.17, 15) is 4.79 Å². The Bertz CT molecular complexity index is 880. The highest BCUT2D eigenvalue weighted by atomic mass is 16.1. The second-order valence-electron chi connectivity index (χ2n) is 6.28. The molecule has 1 amide bonds. The maximum atomic E-state index is 12.8. The van der Waals surface area contributed by atoms with E-state index in [0.29, 0.717) is 5.56 Å². The number of rotatable bonds is 7. The summed E-state index contributed by atoms with van der Waals surface area (Å²) in [5.74, 6) is -0.135. The maximum Gasteiger partial charge on any atom is 0.259 e. The Balaban J connectivity index is 1.80. The molecule has 0 unspecified atom stereocenters. The normalized spacial score (nSPS) is 10.6. The van der Waals surface area contributed by atoms with Crippen molar-refractivity contribution in [2.45, 2.75) is 27.2 Å². The zero-order valence-corrected chi connectivity index (χ0v) is 16.1. The molecule has 27 heavy (non-hydrogen) atoms. The third-order valence-electron chi connectivity index (χ3n) is 4.70. The fraction of sp³-hybridized carbons (Fsp3) is 0.273. The number of aromatic nitrogens is 2. The van der Waals surface area contributed by atoms with E-state index in [1.807, 2.05) is 66.2 Å². The lowest BCUT2D eigenvalue weighted by atomic mass is 10.1. The highest BCUT2D eigenvalue weighted by Gasteiger charge is 2.17. The zero-order chi connectivity index (χ0) is 19.2. The summed E-state index contributed by atoms with van der Waals surface area (Å²) in [7, 11) is 0. The molecule has 5 nitrogen and oxygen atoms in total. The number of carbonyl (C=O) groups excluding carboxylic acids is 1. The highest BCUT2D eigenvalue weighted by Crippen LogP contribution is 2.20. The lowest BCUT2D eigenvalue weighted by Gasteiger charge is -2.21. The van der Waals surface area contributed by atoms with Gasteiger partial charge in [0, 0.05) is 24.5 Å². The molecule has 0 aliphatic carbocycles. The summed E-state index contributed by atoms with van der Waals surface area (Å²) in [6, 6.07) is 17.8. The van der Waals surface area contributed by atoms with Gasteiger partial charge in [-0.05, 0) is 56.7 Å². The van der Waals surface area contributed by atoms with E-state index in [1.54, 1.807) is 6.20 Å². The number of nitrogens with zero attached hydrogens (tertiary/aromatic N) is 3. The summed E-state index contributed by atoms with van der Waals surface area (Å²) in [5, 5.41) is 7.42. The van der Waals surface area contributed by atoms with E-state index in [-0.39, 0.29) is 5.91 Å². The predicted molar refractivity (Wildman–Crippen MR) is 111 cm³/mol. The molecule has 1 N–H and O–H groups in total. The van der Waals surface area contributed by atoms with Crippen molar-refractivity contribution in [3.05, 3.63) is 72.1 Å². The maximum absolute atomic E-state index is 12.8. The Morgan fingerprint density at radius 3 is 2.26 bits per heavy atom. The molecule has 2 aromatic carbocycles. The molecule has 0 spiro atoms. The van der Waals surface area contributed by atoms with Gasteiger partial charge in [0.25, 0.3) is 5.91 Å². The fourth-order valence-electron chi connectivity index (χ4n) is 3.24. The molecule has 140 valence electrons. The van der Waals surface area contributed by atoms with E-state index in [4.69, 9.17) is 0 Å². The summed E-state index contributed by atoms with van der Waals surface area (Å²) in [6.07, 6.45) is 2.37. The summed E-state index contributed by atoms with van der Waals surface area (Å²) < 4.78 is 1.83. The van der Waals surface area contributed by atoms with Crippen LogP contribution in [0.25, 0.3) is 5.69 Å². The molecule has 3 rings (SSSR count). The van der Waals surface area contributed by atoms with Gasteiger partial charge in [-0.25, -0.2) is 4.68 Å². The standard InChI is InChI=1S/C22H26N4O/c1-4-21-20(16-23-26(21)19-10-8-7-9-11-19)22(27)24-17-12-14-18(15-13-17)25(5-2)6-3/h7-16H,4-6H2,1-3H3,(H,24,27). The Morgan fingerprint density at radius 1 is 1.00 bits per heavy atom. The molecule has 0 fully saturated rings. The topological polar surface area (TPSA) is 50.2 Å². The van der Waals surface area contributed by atoms with Crippen LogP contribution < -0.4 is 10.2 Å². The first-order valence-corrected chi connectivity index (χ1v) is 9.46. The van der Waals surface area contributed by atoms with Crippen LogP contribution in [-0.4, -0.2) is 28.8 Å². The average molecular weight is 362 g/mol. The highest BCUT2D eigenvalue weighted by molar-refractivity contribution is 6.05. The number of nitrogens with one attached hydrogen (secondary N) is 1. The number of hydrogen-bond donors (Lipinski definition) is 1. The molecular formula is C22H26N4O. The van der Waals surface area contributed by atoms with Gasteiger partial charge in [-0.3, -0.25) is 4.79 Å². The van der Waals surface area contributed by atoms with Crippen LogP contribution in [0, 0.1) is 0 Å². The van der Waals surface area contributed by atoms with Crippen molar-refractivity contribution in [2.75, 3.05) is 23.3 Å². The number of benzene rings is 2. The van der Waals surface area contributed by atoms with Gasteiger partial charge in [0.1, 0.15) is 0 Å². The van der Waals surface area contributed by atoms with Crippen LogP contribution in [0.5, 0.6) is 0 Å². The van der Waals surface area contributed by atoms with Gasteiger partial charge in [0.05, 0.1) is 23.1 Å². The van der Waals surface area contributed by atoms with Gasteiger partial charge < -0.3 is 10.2 Å². The van der Waals surface area contributed by atoms with Crippen molar-refractivity contribution in [2.24, 2.45) is 0 Å². The van der Waals surface area contributed by atoms with Crippen LogP contribution in [-0.2, 0) is 6.42 Å². The minimum atomic E-state index is -0.135. The van der Waals surface area contributed by atoms with Gasteiger partial charge in [0.2, 0.25) is 0 Å². The van der Waals surface area contributed by atoms with Crippen LogP contribution in [0.1, 0.15) is 36.8 Å². The molecular weight excluding hydrogens is 336 g/mol. The first-order chi connectivity index (χ1) is 13.2. The van der Waals surface area contributed by atoms with Crippen LogP contribution in [0.4, 0.5) is 11.4 Å². The lowest BCUT2D eigenvalue weighted by molar-refractivity contribution is 0.102. The smallest absolute Gasteiger partial charge is 0.259 e. The third-order valence-corrected chi connectivity index (χ3v) is 4.70. The van der Waals surface area contributed by atoms with Gasteiger partial charge in [-0.2, -0.15) is 5.10 Å². The van der Waals surface area contributed by atoms with Crippen molar-refractivity contribution in [3.63, 3.8) is 0 Å². The molecule has 0 atom stereocenters. The van der Waals surface area contributed by atoms with Crippen molar-refractivity contribution in [1.29, 1.82) is 0 Å². The van der Waals surface area contributed by atoms with E-state index in [0.717, 1.165) is 42.3 Å². The predicted octanol–water partition coefficient (Wildman–Crippen LogP) is 4.53. The minimum Gasteiger partial charge on any atom is -0.372 e. The fourth-order valence-corrected chi connectivity index (χ4v) is 3.24. The molecule has 1 aromatic heterocycles. The van der Waals surface area contributed by atoms with Crippen molar-refractivity contribution in [3.8, 4) is 5.69 Å². The lowest BCUT2D eigenvalue weighted by Crippen LogP contribution is -2.21. The Kier molecular flexibility index (Phi) is 5.91. The third kappa shape index (κ3) is 4.03. The second kappa shape index (κ2) is 8.54. The molecule has 0 saturated carbocycles. The SMILES string of the molecule is CCc1c(C(=O)Nc2ccc(N(CC)CC)cc2)cnn1-c1ccccc1. The van der Waals surface area contributed by atoms with E-state index < -0.39 is 0 Å². The molecule has 0 bridgehead atoms. The Labute approximate surface area is 160 Å². The average Bonchev–Trinajstić information content (AvgIpc) is 3.15. The molecule has 3 aromatic rings. The first-order valence-electron chi connectivity index (χ1n) is 9.46. The van der Waals surface area contributed by atoms with Crippen LogP contribution in [0.3, 0.4) is 0 Å². The van der Waals surface area contributed by atoms with E-state index >= 15 is 0 Å². The van der Waals surface area contributed by atoms with E-state index in [2.05, 4.69) is 29.2 Å². The molecule has 5 heteroatoms. The number of para-hydroxylation sites is 1. The largest absolute Gasteiger partial charge is 0.372 e. The number of carbonyl (C=O) groups is 1. The van der Waals surface area contributed by atoms with Gasteiger partial charge >= 0.3 is 0 Å². The molecule has 0 saturated heterocycles. The van der Waals surface area contributed by atoms with Gasteiger partial charge in [-0.1, -0.05) is 25.1 Å². The molecule has 0 aliphatic heterocycles. The van der Waals surface area contributed by atoms with Crippen molar-refractivity contribution < 1.29 is 4.79 Å². The number of anilines is 2. The van der Waals surface area contributed by atoms with Crippen LogP contribution in [0.2, 0.25) is 0 Å². The molecule has 1 heterocycles. The van der Waals surface area contributed by atoms with Gasteiger partial charge in [-0.15, -0.1) is 0 Å². The number of amides is 1. The minimum absolute atomic E-state index is 0.135. The zero-order valence-electron chi connectivity index (χ0n) is 16.1. The Hall–Kier alpha value is -3.08. The Morgan fingerprint density at radius 2 is 1.67 bits per heavy atom. The second-order valence-corrected chi connectivity index (χ2v) is 6.28. The van der Waals surface area contributed by atoms with Crippen molar-refractivity contribution in [1.82, 2.24) is 9.78 Å². The molecule has 0 aliphatic rings. The van der Waals surface area contributed by atoms with Crippen LogP contribution >= 0.6 is 0 Å². The quantitative estimate of drug-likeness (QED) is 0.672. The summed E-state index contributed by atoms with van der Waals surface area (Å²) >= 11 is 0. The number of hydrogen-bond acceptors (Lipinski definition) is 3. The first kappa shape index (κ1) is 18.7. The molecule has 0 radical (unpaired) electrons. The van der Waals surface area contributed by atoms with Crippen molar-refractivity contribution >= 4 is 17.3 Å².